The van der Waals surface area contributed by atoms with Gasteiger partial charge < -0.3 is 10.4 Å². The van der Waals surface area contributed by atoms with E-state index in [0.29, 0.717) is 24.3 Å². The minimum atomic E-state index is -5.15. The van der Waals surface area contributed by atoms with E-state index in [2.05, 4.69) is 15.3 Å². The highest BCUT2D eigenvalue weighted by atomic mass is 32.2. The standard InChI is InChI=1S/C27H23F9N4O4S/c1-3-18-11-20(19-10-15(25(28,29)30)4-5-21(19)40(18)24(41)42)38-22-14(12-37-23(39-22)45(2,43)44)6-13-7-16(26(31,32)33)9-17(8-13)27(34,35)36/h4-5,7-10,12,18,20H,3,6,11H2,1-2H3,(H,41,42)(H,37,38,39)/t18-,20+/m1/s1. The molecule has 0 bridgehead atoms. The van der Waals surface area contributed by atoms with Gasteiger partial charge in [-0.3, -0.25) is 4.90 Å². The molecule has 2 N–H and O–H groups in total. The topological polar surface area (TPSA) is 112 Å². The molecule has 1 aromatic heterocycles. The quantitative estimate of drug-likeness (QED) is 0.208. The first kappa shape index (κ1) is 33.8. The van der Waals surface area contributed by atoms with Gasteiger partial charge in [0.1, 0.15) is 5.82 Å². The van der Waals surface area contributed by atoms with Gasteiger partial charge in [-0.25, -0.2) is 23.2 Å². The Bertz CT molecular complexity index is 1690. The molecule has 18 heteroatoms. The lowest BCUT2D eigenvalue weighted by Crippen LogP contribution is -2.45. The minimum absolute atomic E-state index is 0.0673. The zero-order valence-corrected chi connectivity index (χ0v) is 24.0. The summed E-state index contributed by atoms with van der Waals surface area (Å²) in [6.45, 7) is 1.62. The number of nitrogens with one attached hydrogen (secondary N) is 1. The van der Waals surface area contributed by atoms with E-state index in [1.165, 1.54) is 0 Å². The molecule has 4 rings (SSSR count). The molecule has 3 aromatic rings. The van der Waals surface area contributed by atoms with Crippen LogP contribution in [-0.2, 0) is 34.8 Å². The number of benzene rings is 2. The van der Waals surface area contributed by atoms with Crippen LogP contribution < -0.4 is 10.2 Å². The maximum absolute atomic E-state index is 13.6. The number of nitrogens with zero attached hydrogens (tertiary/aromatic N) is 3. The fourth-order valence-electron chi connectivity index (χ4n) is 5.01. The van der Waals surface area contributed by atoms with E-state index in [0.717, 1.165) is 23.4 Å². The Balaban J connectivity index is 1.88. The predicted octanol–water partition coefficient (Wildman–Crippen LogP) is 7.35. The SMILES string of the molecule is CC[C@@H]1C[C@H](Nc2nc(S(C)(=O)=O)ncc2Cc2cc(C(F)(F)F)cc(C(F)(F)F)c2)c2cc(C(F)(F)F)ccc2N1C(=O)O. The van der Waals surface area contributed by atoms with Crippen molar-refractivity contribution in [2.75, 3.05) is 16.5 Å². The number of halogens is 9. The van der Waals surface area contributed by atoms with Gasteiger partial charge in [-0.2, -0.15) is 39.5 Å². The van der Waals surface area contributed by atoms with Crippen molar-refractivity contribution in [2.24, 2.45) is 0 Å². The van der Waals surface area contributed by atoms with E-state index in [4.69, 9.17) is 0 Å². The molecular weight excluding hydrogens is 647 g/mol. The predicted molar refractivity (Wildman–Crippen MR) is 141 cm³/mol. The van der Waals surface area contributed by atoms with Gasteiger partial charge in [-0.15, -0.1) is 0 Å². The lowest BCUT2D eigenvalue weighted by atomic mass is 9.88. The number of aromatic nitrogens is 2. The molecule has 0 saturated carbocycles. The van der Waals surface area contributed by atoms with Gasteiger partial charge in [0.2, 0.25) is 15.0 Å². The van der Waals surface area contributed by atoms with Crippen molar-refractivity contribution < 1.29 is 57.8 Å². The second kappa shape index (κ2) is 11.7. The third-order valence-electron chi connectivity index (χ3n) is 7.07. The first-order valence-electron chi connectivity index (χ1n) is 12.9. The van der Waals surface area contributed by atoms with Crippen molar-refractivity contribution in [3.8, 4) is 0 Å². The number of alkyl halides is 9. The summed E-state index contributed by atoms with van der Waals surface area (Å²) in [5.74, 6) is -0.400. The average molecular weight is 671 g/mol. The highest BCUT2D eigenvalue weighted by Gasteiger charge is 2.40. The summed E-state index contributed by atoms with van der Waals surface area (Å²) in [7, 11) is -4.12. The molecule has 2 heterocycles. The van der Waals surface area contributed by atoms with E-state index in [-0.39, 0.29) is 35.7 Å². The van der Waals surface area contributed by atoms with Gasteiger partial charge in [0, 0.05) is 30.5 Å². The van der Waals surface area contributed by atoms with Crippen molar-refractivity contribution in [2.45, 2.75) is 62.0 Å². The zero-order chi connectivity index (χ0) is 33.7. The number of amides is 1. The monoisotopic (exact) mass is 670 g/mol. The van der Waals surface area contributed by atoms with E-state index in [1.807, 2.05) is 0 Å². The van der Waals surface area contributed by atoms with Crippen molar-refractivity contribution in [1.29, 1.82) is 0 Å². The molecule has 1 aliphatic rings. The first-order chi connectivity index (χ1) is 20.6. The maximum Gasteiger partial charge on any atom is 0.416 e. The van der Waals surface area contributed by atoms with Gasteiger partial charge in [0.25, 0.3) is 0 Å². The van der Waals surface area contributed by atoms with Crippen molar-refractivity contribution in [3.05, 3.63) is 76.0 Å². The van der Waals surface area contributed by atoms with E-state index < -0.39 is 86.2 Å². The summed E-state index contributed by atoms with van der Waals surface area (Å²) >= 11 is 0. The normalized spacial score (nSPS) is 17.6. The van der Waals surface area contributed by atoms with E-state index >= 15 is 0 Å². The zero-order valence-electron chi connectivity index (χ0n) is 23.1. The molecule has 45 heavy (non-hydrogen) atoms. The second-order valence-corrected chi connectivity index (χ2v) is 12.2. The number of rotatable bonds is 6. The Morgan fingerprint density at radius 2 is 1.53 bits per heavy atom. The summed E-state index contributed by atoms with van der Waals surface area (Å²) in [6.07, 6.45) is -15.6. The van der Waals surface area contributed by atoms with Crippen LogP contribution >= 0.6 is 0 Å². The highest BCUT2D eigenvalue weighted by Crippen LogP contribution is 2.43. The largest absolute Gasteiger partial charge is 0.465 e. The molecule has 0 saturated heterocycles. The number of carboxylic acid groups (broad SMARTS) is 1. The Labute approximate surface area is 249 Å². The van der Waals surface area contributed by atoms with Crippen LogP contribution in [0.25, 0.3) is 0 Å². The summed E-state index contributed by atoms with van der Waals surface area (Å²) in [5, 5.41) is 11.8. The van der Waals surface area contributed by atoms with Crippen LogP contribution in [0.15, 0.2) is 47.8 Å². The molecule has 8 nitrogen and oxygen atoms in total. The summed E-state index contributed by atoms with van der Waals surface area (Å²) in [4.78, 5) is 20.6. The van der Waals surface area contributed by atoms with Crippen LogP contribution in [-0.4, -0.2) is 41.9 Å². The molecule has 2 atom stereocenters. The average Bonchev–Trinajstić information content (AvgIpc) is 2.91. The molecule has 0 fully saturated rings. The van der Waals surface area contributed by atoms with Crippen molar-refractivity contribution in [3.63, 3.8) is 0 Å². The number of hydrogen-bond donors (Lipinski definition) is 2. The summed E-state index contributed by atoms with van der Waals surface area (Å²) in [5.41, 5.74) is -5.29. The molecular formula is C27H23F9N4O4S. The number of fused-ring (bicyclic) bond motifs is 1. The fraction of sp³-hybridized carbons (Fsp3) is 0.370. The van der Waals surface area contributed by atoms with Gasteiger partial charge >= 0.3 is 24.6 Å². The molecule has 2 aromatic carbocycles. The Morgan fingerprint density at radius 3 is 2.02 bits per heavy atom. The first-order valence-corrected chi connectivity index (χ1v) is 14.8. The number of carbonyl (C=O) groups is 1. The van der Waals surface area contributed by atoms with Gasteiger partial charge in [0.05, 0.1) is 28.4 Å². The second-order valence-electron chi connectivity index (χ2n) is 10.3. The van der Waals surface area contributed by atoms with Crippen LogP contribution in [0.3, 0.4) is 0 Å². The number of sulfone groups is 1. The van der Waals surface area contributed by atoms with E-state index in [1.54, 1.807) is 6.92 Å². The smallest absolute Gasteiger partial charge is 0.416 e. The minimum Gasteiger partial charge on any atom is -0.465 e. The molecule has 1 aliphatic heterocycles. The van der Waals surface area contributed by atoms with Crippen LogP contribution in [0.2, 0.25) is 0 Å². The molecule has 0 spiro atoms. The Morgan fingerprint density at radius 1 is 0.956 bits per heavy atom. The lowest BCUT2D eigenvalue weighted by Gasteiger charge is -2.40. The molecule has 1 amide bonds. The van der Waals surface area contributed by atoms with Crippen LogP contribution in [0.5, 0.6) is 0 Å². The molecule has 244 valence electrons. The fourth-order valence-corrected chi connectivity index (χ4v) is 5.51. The van der Waals surface area contributed by atoms with Crippen LogP contribution in [0.4, 0.5) is 55.8 Å². The van der Waals surface area contributed by atoms with Crippen molar-refractivity contribution in [1.82, 2.24) is 9.97 Å². The third kappa shape index (κ3) is 7.42. The summed E-state index contributed by atoms with van der Waals surface area (Å²) in [6, 6.07) is 1.27. The van der Waals surface area contributed by atoms with Gasteiger partial charge in [0.15, 0.2) is 0 Å². The lowest BCUT2D eigenvalue weighted by molar-refractivity contribution is -0.143. The molecule has 0 unspecified atom stereocenters. The molecule has 0 radical (unpaired) electrons. The van der Waals surface area contributed by atoms with Gasteiger partial charge in [-0.1, -0.05) is 6.92 Å². The van der Waals surface area contributed by atoms with E-state index in [9.17, 15) is 57.8 Å². The summed E-state index contributed by atoms with van der Waals surface area (Å²) < 4.78 is 146. The molecule has 0 aliphatic carbocycles. The Kier molecular flexibility index (Phi) is 8.78. The van der Waals surface area contributed by atoms with Crippen LogP contribution in [0, 0.1) is 0 Å². The third-order valence-corrected chi connectivity index (χ3v) is 7.93. The maximum atomic E-state index is 13.6. The van der Waals surface area contributed by atoms with Crippen molar-refractivity contribution >= 4 is 27.4 Å². The number of anilines is 2. The highest BCUT2D eigenvalue weighted by molar-refractivity contribution is 7.90. The number of hydrogen-bond acceptors (Lipinski definition) is 6. The van der Waals surface area contributed by atoms with Gasteiger partial charge in [-0.05, 0) is 60.4 Å². The van der Waals surface area contributed by atoms with Crippen LogP contribution in [0.1, 0.15) is 59.2 Å². The Hall–Kier alpha value is -4.09.